The van der Waals surface area contributed by atoms with E-state index in [1.54, 1.807) is 25.3 Å². The van der Waals surface area contributed by atoms with E-state index in [4.69, 9.17) is 9.72 Å². The van der Waals surface area contributed by atoms with Gasteiger partial charge in [0.2, 0.25) is 0 Å². The normalized spacial score (nSPS) is 12.7. The van der Waals surface area contributed by atoms with Crippen LogP contribution in [0, 0.1) is 0 Å². The van der Waals surface area contributed by atoms with E-state index in [1.165, 1.54) is 10.9 Å². The molecule has 0 bridgehead atoms. The molecule has 0 radical (unpaired) electrons. The summed E-state index contributed by atoms with van der Waals surface area (Å²) in [4.78, 5) is 16.3. The van der Waals surface area contributed by atoms with Crippen LogP contribution in [0.2, 0.25) is 0 Å². The number of carboxylic acid groups (broad SMARTS) is 1. The molecule has 7 nitrogen and oxygen atoms in total. The molecule has 0 aliphatic heterocycles. The van der Waals surface area contributed by atoms with Gasteiger partial charge in [0.25, 0.3) is 0 Å². The van der Waals surface area contributed by atoms with Gasteiger partial charge in [-0.2, -0.15) is 0 Å². The predicted molar refractivity (Wildman–Crippen MR) is 129 cm³/mol. The Balaban J connectivity index is 1.74. The minimum Gasteiger partial charge on any atom is -0.478 e. The maximum atomic E-state index is 11.5. The molecule has 0 aliphatic carbocycles. The molecule has 0 fully saturated rings. The summed E-state index contributed by atoms with van der Waals surface area (Å²) in [6, 6.07) is 19.5. The monoisotopic (exact) mass is 443 g/mol. The Morgan fingerprint density at radius 2 is 1.76 bits per heavy atom. The highest BCUT2D eigenvalue weighted by atomic mass is 16.5. The zero-order valence-electron chi connectivity index (χ0n) is 18.5. The topological polar surface area (TPSA) is 89.5 Å². The highest BCUT2D eigenvalue weighted by Gasteiger charge is 2.19. The molecule has 2 aromatic heterocycles. The van der Waals surface area contributed by atoms with Crippen molar-refractivity contribution in [1.29, 1.82) is 0 Å². The average molecular weight is 444 g/mol. The molecule has 5 aromatic rings. The quantitative estimate of drug-likeness (QED) is 0.386. The van der Waals surface area contributed by atoms with Crippen LogP contribution in [0.3, 0.4) is 0 Å². The minimum atomic E-state index is -0.999. The molecule has 0 unspecified atom stereocenters. The van der Waals surface area contributed by atoms with Crippen LogP contribution in [-0.4, -0.2) is 50.1 Å². The Hall–Kier alpha value is -3.68. The van der Waals surface area contributed by atoms with Gasteiger partial charge in [0, 0.05) is 41.0 Å². The van der Waals surface area contributed by atoms with Crippen molar-refractivity contribution in [2.75, 3.05) is 13.7 Å². The summed E-state index contributed by atoms with van der Waals surface area (Å²) in [6.45, 7) is 3.47. The van der Waals surface area contributed by atoms with Crippen molar-refractivity contribution >= 4 is 38.8 Å². The van der Waals surface area contributed by atoms with Crippen molar-refractivity contribution in [3.8, 4) is 11.4 Å². The van der Waals surface area contributed by atoms with Crippen molar-refractivity contribution in [1.82, 2.24) is 14.1 Å². The zero-order chi connectivity index (χ0) is 23.1. The largest absolute Gasteiger partial charge is 0.478 e. The van der Waals surface area contributed by atoms with Gasteiger partial charge in [-0.15, -0.1) is 0 Å². The molecule has 0 saturated carbocycles. The van der Waals surface area contributed by atoms with E-state index in [1.807, 2.05) is 22.8 Å². The molecule has 2 N–H and O–H groups in total. The predicted octanol–water partition coefficient (Wildman–Crippen LogP) is 4.54. The standard InChI is InChI=1S/C26H25N3O4/c1-3-28-22-7-5-4-6-19(22)20-12-16(8-10-23(20)28)25-27-21-13-17(26(31)32)9-11-24(21)29(25)14-18(30)15-33-2/h4-13,18,30H,3,14-15H2,1-2H3,(H,31,32)/t18-/m1/s1. The van der Waals surface area contributed by atoms with Gasteiger partial charge in [0.1, 0.15) is 5.82 Å². The first-order valence-corrected chi connectivity index (χ1v) is 10.9. The maximum Gasteiger partial charge on any atom is 0.335 e. The van der Waals surface area contributed by atoms with Crippen LogP contribution in [0.25, 0.3) is 44.2 Å². The van der Waals surface area contributed by atoms with Gasteiger partial charge in [-0.25, -0.2) is 9.78 Å². The lowest BCUT2D eigenvalue weighted by Crippen LogP contribution is -2.21. The molecule has 33 heavy (non-hydrogen) atoms. The Morgan fingerprint density at radius 3 is 2.52 bits per heavy atom. The molecule has 7 heteroatoms. The Bertz CT molecular complexity index is 1500. The van der Waals surface area contributed by atoms with Crippen molar-refractivity contribution in [2.45, 2.75) is 26.1 Å². The smallest absolute Gasteiger partial charge is 0.335 e. The number of benzene rings is 3. The SMILES string of the molecule is CCn1c2ccccc2c2cc(-c3nc4cc(C(=O)O)ccc4n3C[C@@H](O)COC)ccc21. The van der Waals surface area contributed by atoms with E-state index >= 15 is 0 Å². The van der Waals surface area contributed by atoms with Crippen molar-refractivity contribution in [2.24, 2.45) is 0 Å². The number of carboxylic acids is 1. The van der Waals surface area contributed by atoms with Crippen LogP contribution in [0.1, 0.15) is 17.3 Å². The first kappa shape index (κ1) is 21.2. The molecule has 0 aliphatic rings. The molecule has 3 aromatic carbocycles. The summed E-state index contributed by atoms with van der Waals surface area (Å²) in [6.07, 6.45) is -0.726. The third-order valence-electron chi connectivity index (χ3n) is 6.09. The number of hydrogen-bond acceptors (Lipinski definition) is 4. The Kier molecular flexibility index (Phi) is 5.36. The van der Waals surface area contributed by atoms with E-state index in [9.17, 15) is 15.0 Å². The van der Waals surface area contributed by atoms with Crippen molar-refractivity contribution in [3.63, 3.8) is 0 Å². The highest BCUT2D eigenvalue weighted by molar-refractivity contribution is 6.09. The molecule has 0 amide bonds. The van der Waals surface area contributed by atoms with E-state index < -0.39 is 12.1 Å². The molecular weight excluding hydrogens is 418 g/mol. The zero-order valence-corrected chi connectivity index (χ0v) is 18.5. The average Bonchev–Trinajstić information content (AvgIpc) is 3.33. The lowest BCUT2D eigenvalue weighted by Gasteiger charge is -2.14. The lowest BCUT2D eigenvalue weighted by atomic mass is 10.1. The van der Waals surface area contributed by atoms with Crippen molar-refractivity contribution in [3.05, 3.63) is 66.2 Å². The Morgan fingerprint density at radius 1 is 1.00 bits per heavy atom. The fourth-order valence-corrected chi connectivity index (χ4v) is 4.66. The van der Waals surface area contributed by atoms with E-state index in [0.29, 0.717) is 11.3 Å². The summed E-state index contributed by atoms with van der Waals surface area (Å²) in [5.41, 5.74) is 4.75. The van der Waals surface area contributed by atoms with Crippen molar-refractivity contribution < 1.29 is 19.7 Å². The summed E-state index contributed by atoms with van der Waals surface area (Å²) in [7, 11) is 1.55. The van der Waals surface area contributed by atoms with Gasteiger partial charge in [0.05, 0.1) is 35.9 Å². The van der Waals surface area contributed by atoms with Gasteiger partial charge in [-0.3, -0.25) is 0 Å². The third kappa shape index (κ3) is 3.55. The van der Waals surface area contributed by atoms with E-state index in [2.05, 4.69) is 35.8 Å². The maximum absolute atomic E-state index is 11.5. The summed E-state index contributed by atoms with van der Waals surface area (Å²) in [5.74, 6) is -0.320. The number of aryl methyl sites for hydroxylation is 1. The van der Waals surface area contributed by atoms with Crippen LogP contribution < -0.4 is 0 Å². The Labute approximate surface area is 190 Å². The fourth-order valence-electron chi connectivity index (χ4n) is 4.66. The number of fused-ring (bicyclic) bond motifs is 4. The summed E-state index contributed by atoms with van der Waals surface area (Å²) < 4.78 is 9.34. The van der Waals surface area contributed by atoms with Gasteiger partial charge in [-0.05, 0) is 49.4 Å². The first-order chi connectivity index (χ1) is 16.0. The van der Waals surface area contributed by atoms with E-state index in [-0.39, 0.29) is 18.7 Å². The molecule has 5 rings (SSSR count). The molecule has 0 spiro atoms. The molecule has 1 atom stereocenters. The van der Waals surface area contributed by atoms with Gasteiger partial charge in [0.15, 0.2) is 0 Å². The lowest BCUT2D eigenvalue weighted by molar-refractivity contribution is 0.0546. The van der Waals surface area contributed by atoms with Gasteiger partial charge >= 0.3 is 5.97 Å². The second kappa shape index (κ2) is 8.35. The number of aliphatic hydroxyl groups excluding tert-OH is 1. The number of nitrogens with zero attached hydrogens (tertiary/aromatic N) is 3. The number of methoxy groups -OCH3 is 1. The second-order valence-corrected chi connectivity index (χ2v) is 8.16. The number of aromatic nitrogens is 3. The number of hydrogen-bond donors (Lipinski definition) is 2. The molecular formula is C26H25N3O4. The van der Waals surface area contributed by atoms with E-state index in [0.717, 1.165) is 28.5 Å². The van der Waals surface area contributed by atoms with Crippen LogP contribution >= 0.6 is 0 Å². The molecule has 168 valence electrons. The number of ether oxygens (including phenoxy) is 1. The number of rotatable bonds is 7. The second-order valence-electron chi connectivity index (χ2n) is 8.16. The van der Waals surface area contributed by atoms with Crippen LogP contribution in [-0.2, 0) is 17.8 Å². The number of carbonyl (C=O) groups is 1. The molecule has 0 saturated heterocycles. The van der Waals surface area contributed by atoms with Gasteiger partial charge in [-0.1, -0.05) is 18.2 Å². The number of aromatic carboxylic acids is 1. The summed E-state index contributed by atoms with van der Waals surface area (Å²) >= 11 is 0. The first-order valence-electron chi connectivity index (χ1n) is 10.9. The van der Waals surface area contributed by atoms with Crippen LogP contribution in [0.4, 0.5) is 0 Å². The highest BCUT2D eigenvalue weighted by Crippen LogP contribution is 2.34. The number of para-hydroxylation sites is 1. The van der Waals surface area contributed by atoms with Crippen LogP contribution in [0.5, 0.6) is 0 Å². The van der Waals surface area contributed by atoms with Gasteiger partial charge < -0.3 is 24.1 Å². The fraction of sp³-hybridized carbons (Fsp3) is 0.231. The summed E-state index contributed by atoms with van der Waals surface area (Å²) in [5, 5.41) is 22.2. The number of imidazole rings is 1. The number of aliphatic hydroxyl groups is 1. The van der Waals surface area contributed by atoms with Crippen LogP contribution in [0.15, 0.2) is 60.7 Å². The minimum absolute atomic E-state index is 0.178. The molecule has 2 heterocycles. The third-order valence-corrected chi connectivity index (χ3v) is 6.09.